The van der Waals surface area contributed by atoms with Gasteiger partial charge >= 0.3 is 0 Å². The summed E-state index contributed by atoms with van der Waals surface area (Å²) in [7, 11) is 0. The van der Waals surface area contributed by atoms with E-state index in [-0.39, 0.29) is 6.04 Å². The van der Waals surface area contributed by atoms with Crippen LogP contribution in [0, 0.1) is 0 Å². The molecular formula is C15H16N2O2. The van der Waals surface area contributed by atoms with Crippen molar-refractivity contribution in [2.75, 3.05) is 6.79 Å². The molecule has 4 heteroatoms. The normalized spacial score (nSPS) is 14.4. The molecule has 2 heterocycles. The van der Waals surface area contributed by atoms with Crippen LogP contribution in [0.15, 0.2) is 42.7 Å². The Kier molecular flexibility index (Phi) is 3.33. The Bertz CT molecular complexity index is 557. The van der Waals surface area contributed by atoms with Crippen LogP contribution in [0.1, 0.15) is 23.6 Å². The molecule has 1 unspecified atom stereocenters. The number of hydrogen-bond donors (Lipinski definition) is 1. The minimum Gasteiger partial charge on any atom is -0.454 e. The summed E-state index contributed by atoms with van der Waals surface area (Å²) in [6, 6.07) is 10.0. The van der Waals surface area contributed by atoms with E-state index in [2.05, 4.69) is 11.1 Å². The molecule has 0 fully saturated rings. The van der Waals surface area contributed by atoms with Gasteiger partial charge in [-0.2, -0.15) is 0 Å². The second-order valence-electron chi connectivity index (χ2n) is 4.61. The third-order valence-corrected chi connectivity index (χ3v) is 3.32. The zero-order valence-electron chi connectivity index (χ0n) is 10.6. The first kappa shape index (κ1) is 12.0. The molecule has 0 aliphatic carbocycles. The van der Waals surface area contributed by atoms with Crippen LogP contribution < -0.4 is 15.2 Å². The summed E-state index contributed by atoms with van der Waals surface area (Å²) in [5, 5.41) is 0. The molecule has 98 valence electrons. The Labute approximate surface area is 112 Å². The summed E-state index contributed by atoms with van der Waals surface area (Å²) in [5.41, 5.74) is 8.51. The van der Waals surface area contributed by atoms with Crippen LogP contribution >= 0.6 is 0 Å². The predicted octanol–water partition coefficient (Wildman–Crippen LogP) is 2.44. The van der Waals surface area contributed by atoms with Gasteiger partial charge in [0, 0.05) is 18.4 Å². The predicted molar refractivity (Wildman–Crippen MR) is 72.1 cm³/mol. The van der Waals surface area contributed by atoms with Crippen LogP contribution in [0.4, 0.5) is 0 Å². The highest BCUT2D eigenvalue weighted by Gasteiger charge is 2.13. The monoisotopic (exact) mass is 256 g/mol. The van der Waals surface area contributed by atoms with Gasteiger partial charge in [-0.05, 0) is 48.2 Å². The topological polar surface area (TPSA) is 57.4 Å². The molecule has 0 spiro atoms. The quantitative estimate of drug-likeness (QED) is 0.912. The van der Waals surface area contributed by atoms with Gasteiger partial charge in [-0.3, -0.25) is 4.98 Å². The summed E-state index contributed by atoms with van der Waals surface area (Å²) in [6.07, 6.45) is 5.36. The number of hydrogen-bond acceptors (Lipinski definition) is 4. The fourth-order valence-electron chi connectivity index (χ4n) is 2.20. The van der Waals surface area contributed by atoms with Crippen LogP contribution in [0.5, 0.6) is 11.5 Å². The smallest absolute Gasteiger partial charge is 0.231 e. The Morgan fingerprint density at radius 2 is 1.89 bits per heavy atom. The lowest BCUT2D eigenvalue weighted by atomic mass is 10.0. The van der Waals surface area contributed by atoms with Gasteiger partial charge < -0.3 is 15.2 Å². The minimum absolute atomic E-state index is 0.0356. The van der Waals surface area contributed by atoms with Crippen molar-refractivity contribution in [3.63, 3.8) is 0 Å². The van der Waals surface area contributed by atoms with Gasteiger partial charge in [0.1, 0.15) is 0 Å². The Morgan fingerprint density at radius 3 is 2.74 bits per heavy atom. The average molecular weight is 256 g/mol. The van der Waals surface area contributed by atoms with Gasteiger partial charge in [0.25, 0.3) is 0 Å². The molecule has 1 aromatic heterocycles. The highest BCUT2D eigenvalue weighted by atomic mass is 16.7. The van der Waals surface area contributed by atoms with E-state index in [1.807, 2.05) is 24.3 Å². The summed E-state index contributed by atoms with van der Waals surface area (Å²) in [6.45, 7) is 0.315. The van der Waals surface area contributed by atoms with E-state index in [0.717, 1.165) is 29.9 Å². The molecule has 0 radical (unpaired) electrons. The molecule has 1 atom stereocenters. The number of nitrogens with two attached hydrogens (primary N) is 1. The average Bonchev–Trinajstić information content (AvgIpc) is 2.93. The highest BCUT2D eigenvalue weighted by Crippen LogP contribution is 2.33. The van der Waals surface area contributed by atoms with Gasteiger partial charge in [-0.1, -0.05) is 6.07 Å². The zero-order valence-corrected chi connectivity index (χ0v) is 10.6. The number of benzene rings is 1. The maximum Gasteiger partial charge on any atom is 0.231 e. The Balaban J connectivity index is 1.63. The Hall–Kier alpha value is -2.07. The van der Waals surface area contributed by atoms with Gasteiger partial charge in [0.15, 0.2) is 11.5 Å². The van der Waals surface area contributed by atoms with Gasteiger partial charge in [-0.25, -0.2) is 0 Å². The number of aromatic nitrogens is 1. The summed E-state index contributed by atoms with van der Waals surface area (Å²) < 4.78 is 10.7. The maximum absolute atomic E-state index is 6.17. The van der Waals surface area contributed by atoms with Crippen LogP contribution in [0.2, 0.25) is 0 Å². The van der Waals surface area contributed by atoms with Crippen molar-refractivity contribution in [3.8, 4) is 11.5 Å². The molecule has 1 aliphatic heterocycles. The Morgan fingerprint density at radius 1 is 1.11 bits per heavy atom. The molecule has 0 saturated heterocycles. The molecule has 19 heavy (non-hydrogen) atoms. The molecule has 0 amide bonds. The standard InChI is InChI=1S/C15H16N2O2/c16-13(12-5-7-17-8-6-12)3-1-11-2-4-14-15(9-11)19-10-18-14/h2,4-9,13H,1,3,10,16H2. The van der Waals surface area contributed by atoms with Crippen molar-refractivity contribution < 1.29 is 9.47 Å². The first-order valence-corrected chi connectivity index (χ1v) is 6.37. The first-order chi connectivity index (χ1) is 9.33. The van der Waals surface area contributed by atoms with E-state index in [9.17, 15) is 0 Å². The third-order valence-electron chi connectivity index (χ3n) is 3.32. The van der Waals surface area contributed by atoms with Crippen molar-refractivity contribution >= 4 is 0 Å². The number of pyridine rings is 1. The first-order valence-electron chi connectivity index (χ1n) is 6.37. The summed E-state index contributed by atoms with van der Waals surface area (Å²) >= 11 is 0. The van der Waals surface area contributed by atoms with Crippen LogP contribution in [0.3, 0.4) is 0 Å². The van der Waals surface area contributed by atoms with Crippen molar-refractivity contribution in [2.45, 2.75) is 18.9 Å². The van der Waals surface area contributed by atoms with E-state index in [1.165, 1.54) is 5.56 Å². The van der Waals surface area contributed by atoms with E-state index >= 15 is 0 Å². The van der Waals surface area contributed by atoms with Gasteiger partial charge in [0.05, 0.1) is 0 Å². The molecule has 2 N–H and O–H groups in total. The SMILES string of the molecule is NC(CCc1ccc2c(c1)OCO2)c1ccncc1. The van der Waals surface area contributed by atoms with E-state index in [0.29, 0.717) is 6.79 Å². The van der Waals surface area contributed by atoms with Crippen molar-refractivity contribution in [1.82, 2.24) is 4.98 Å². The largest absolute Gasteiger partial charge is 0.454 e. The highest BCUT2D eigenvalue weighted by molar-refractivity contribution is 5.44. The molecule has 0 saturated carbocycles. The van der Waals surface area contributed by atoms with E-state index in [1.54, 1.807) is 12.4 Å². The summed E-state index contributed by atoms with van der Waals surface area (Å²) in [5.74, 6) is 1.65. The lowest BCUT2D eigenvalue weighted by Gasteiger charge is -2.11. The second-order valence-corrected chi connectivity index (χ2v) is 4.61. The van der Waals surface area contributed by atoms with Crippen molar-refractivity contribution in [3.05, 3.63) is 53.9 Å². The zero-order chi connectivity index (χ0) is 13.1. The lowest BCUT2D eigenvalue weighted by molar-refractivity contribution is 0.174. The number of fused-ring (bicyclic) bond motifs is 1. The molecule has 0 bridgehead atoms. The number of rotatable bonds is 4. The van der Waals surface area contributed by atoms with E-state index < -0.39 is 0 Å². The molecule has 4 nitrogen and oxygen atoms in total. The molecule has 1 aliphatic rings. The number of ether oxygens (including phenoxy) is 2. The number of aryl methyl sites for hydroxylation is 1. The molecule has 3 rings (SSSR count). The van der Waals surface area contributed by atoms with Gasteiger partial charge in [-0.15, -0.1) is 0 Å². The van der Waals surface area contributed by atoms with Crippen LogP contribution in [0.25, 0.3) is 0 Å². The van der Waals surface area contributed by atoms with Crippen LogP contribution in [-0.4, -0.2) is 11.8 Å². The lowest BCUT2D eigenvalue weighted by Crippen LogP contribution is -2.11. The summed E-state index contributed by atoms with van der Waals surface area (Å²) in [4.78, 5) is 4.00. The van der Waals surface area contributed by atoms with Crippen molar-refractivity contribution in [1.29, 1.82) is 0 Å². The number of nitrogens with zero attached hydrogens (tertiary/aromatic N) is 1. The minimum atomic E-state index is 0.0356. The molecule has 2 aromatic rings. The molecular weight excluding hydrogens is 240 g/mol. The van der Waals surface area contributed by atoms with Crippen LogP contribution in [-0.2, 0) is 6.42 Å². The van der Waals surface area contributed by atoms with E-state index in [4.69, 9.17) is 15.2 Å². The van der Waals surface area contributed by atoms with Crippen molar-refractivity contribution in [2.24, 2.45) is 5.73 Å². The van der Waals surface area contributed by atoms with Gasteiger partial charge in [0.2, 0.25) is 6.79 Å². The maximum atomic E-state index is 6.17. The molecule has 1 aromatic carbocycles. The fourth-order valence-corrected chi connectivity index (χ4v) is 2.20. The fraction of sp³-hybridized carbons (Fsp3) is 0.267. The third kappa shape index (κ3) is 2.69. The second kappa shape index (κ2) is 5.28.